The molecule has 0 fully saturated rings. The monoisotopic (exact) mass is 390 g/mol. The summed E-state index contributed by atoms with van der Waals surface area (Å²) in [6.07, 6.45) is 0.714. The van der Waals surface area contributed by atoms with Crippen molar-refractivity contribution in [1.29, 1.82) is 0 Å². The van der Waals surface area contributed by atoms with Crippen molar-refractivity contribution in [2.75, 3.05) is 7.11 Å². The highest BCUT2D eigenvalue weighted by molar-refractivity contribution is 7.16. The van der Waals surface area contributed by atoms with Gasteiger partial charge in [-0.3, -0.25) is 0 Å². The van der Waals surface area contributed by atoms with Crippen LogP contribution in [0.3, 0.4) is 0 Å². The first-order chi connectivity index (χ1) is 12.1. The third kappa shape index (κ3) is 3.20. The molecule has 0 atom stereocenters. The van der Waals surface area contributed by atoms with Crippen molar-refractivity contribution in [3.63, 3.8) is 0 Å². The molecular weight excluding hydrogens is 379 g/mol. The minimum absolute atomic E-state index is 0.520. The fourth-order valence-corrected chi connectivity index (χ4v) is 3.85. The molecule has 0 N–H and O–H groups in total. The first-order valence-corrected chi connectivity index (χ1v) is 9.01. The number of fused-ring (bicyclic) bond motifs is 1. The topological polar surface area (TPSA) is 52.3 Å². The van der Waals surface area contributed by atoms with Crippen LogP contribution in [0.1, 0.15) is 10.6 Å². The summed E-state index contributed by atoms with van der Waals surface area (Å²) in [6, 6.07) is 13.2. The number of rotatable bonds is 4. The number of aromatic nitrogens is 4. The van der Waals surface area contributed by atoms with Gasteiger partial charge in [0.1, 0.15) is 10.8 Å². The maximum Gasteiger partial charge on any atom is 0.234 e. The molecule has 0 aliphatic carbocycles. The lowest BCUT2D eigenvalue weighted by atomic mass is 10.1. The molecule has 2 aromatic heterocycles. The van der Waals surface area contributed by atoms with Gasteiger partial charge in [0.25, 0.3) is 0 Å². The Bertz CT molecular complexity index is 1040. The summed E-state index contributed by atoms with van der Waals surface area (Å²) in [5.74, 6) is 1.44. The second-order valence-electron chi connectivity index (χ2n) is 5.36. The first-order valence-electron chi connectivity index (χ1n) is 7.43. The summed E-state index contributed by atoms with van der Waals surface area (Å²) >= 11 is 13.8. The molecule has 126 valence electrons. The number of hydrogen-bond donors (Lipinski definition) is 0. The molecule has 5 nitrogen and oxygen atoms in total. The van der Waals surface area contributed by atoms with Crippen LogP contribution in [0.25, 0.3) is 16.3 Å². The molecule has 4 rings (SSSR count). The highest BCUT2D eigenvalue weighted by Crippen LogP contribution is 2.30. The van der Waals surface area contributed by atoms with Crippen molar-refractivity contribution in [1.82, 2.24) is 19.8 Å². The van der Waals surface area contributed by atoms with Crippen molar-refractivity contribution in [2.24, 2.45) is 0 Å². The van der Waals surface area contributed by atoms with Crippen LogP contribution in [-0.2, 0) is 6.42 Å². The van der Waals surface area contributed by atoms with E-state index >= 15 is 0 Å². The molecule has 0 saturated carbocycles. The molecule has 0 aliphatic rings. The van der Waals surface area contributed by atoms with Crippen LogP contribution < -0.4 is 4.74 Å². The Balaban J connectivity index is 1.68. The molecule has 0 bridgehead atoms. The molecule has 2 aromatic carbocycles. The van der Waals surface area contributed by atoms with Gasteiger partial charge in [0.2, 0.25) is 4.96 Å². The number of halogens is 2. The average Bonchev–Trinajstić information content (AvgIpc) is 3.16. The maximum atomic E-state index is 6.28. The van der Waals surface area contributed by atoms with Crippen LogP contribution in [0.2, 0.25) is 10.0 Å². The van der Waals surface area contributed by atoms with Crippen molar-refractivity contribution in [3.8, 4) is 17.1 Å². The van der Waals surface area contributed by atoms with Gasteiger partial charge in [-0.05, 0) is 35.9 Å². The third-order valence-corrected chi connectivity index (χ3v) is 5.17. The van der Waals surface area contributed by atoms with Crippen molar-refractivity contribution >= 4 is 39.5 Å². The fraction of sp³-hybridized carbons (Fsp3) is 0.118. The van der Waals surface area contributed by atoms with Crippen molar-refractivity contribution < 1.29 is 4.74 Å². The van der Waals surface area contributed by atoms with E-state index in [9.17, 15) is 0 Å². The molecule has 2 heterocycles. The summed E-state index contributed by atoms with van der Waals surface area (Å²) in [5, 5.41) is 15.1. The number of nitrogens with zero attached hydrogens (tertiary/aromatic N) is 4. The van der Waals surface area contributed by atoms with E-state index in [0.717, 1.165) is 26.8 Å². The second kappa shape index (κ2) is 6.63. The highest BCUT2D eigenvalue weighted by Gasteiger charge is 2.16. The van der Waals surface area contributed by atoms with E-state index in [1.165, 1.54) is 11.3 Å². The molecule has 0 amide bonds. The van der Waals surface area contributed by atoms with Gasteiger partial charge in [0.05, 0.1) is 12.1 Å². The number of benzene rings is 2. The fourth-order valence-electron chi connectivity index (χ4n) is 2.48. The van der Waals surface area contributed by atoms with E-state index in [2.05, 4.69) is 15.3 Å². The molecule has 4 aromatic rings. The Morgan fingerprint density at radius 3 is 2.60 bits per heavy atom. The molecule has 0 unspecified atom stereocenters. The normalized spacial score (nSPS) is 11.2. The van der Waals surface area contributed by atoms with Gasteiger partial charge in [-0.25, -0.2) is 0 Å². The quantitative estimate of drug-likeness (QED) is 0.503. The largest absolute Gasteiger partial charge is 0.497 e. The standard InChI is InChI=1S/C17H12Cl2N4OS/c1-24-12-5-2-10(3-6-12)8-15-22-23-16(20-21-17(23)25-15)13-7-4-11(18)9-14(13)19/h2-7,9H,8H2,1H3. The lowest BCUT2D eigenvalue weighted by Crippen LogP contribution is -1.94. The van der Waals surface area contributed by atoms with Crippen LogP contribution in [-0.4, -0.2) is 26.9 Å². The summed E-state index contributed by atoms with van der Waals surface area (Å²) in [6.45, 7) is 0. The van der Waals surface area contributed by atoms with E-state index in [4.69, 9.17) is 27.9 Å². The van der Waals surface area contributed by atoms with Crippen molar-refractivity contribution in [2.45, 2.75) is 6.42 Å². The van der Waals surface area contributed by atoms with Gasteiger partial charge in [-0.15, -0.1) is 10.2 Å². The van der Waals surface area contributed by atoms with Gasteiger partial charge in [0, 0.05) is 17.0 Å². The second-order valence-corrected chi connectivity index (χ2v) is 7.25. The number of methoxy groups -OCH3 is 1. The maximum absolute atomic E-state index is 6.28. The molecule has 0 saturated heterocycles. The molecule has 0 radical (unpaired) electrons. The number of hydrogen-bond acceptors (Lipinski definition) is 5. The van der Waals surface area contributed by atoms with E-state index in [1.807, 2.05) is 30.3 Å². The van der Waals surface area contributed by atoms with Crippen LogP contribution in [0.15, 0.2) is 42.5 Å². The van der Waals surface area contributed by atoms with Gasteiger partial charge in [0.15, 0.2) is 5.82 Å². The van der Waals surface area contributed by atoms with Gasteiger partial charge < -0.3 is 4.74 Å². The summed E-state index contributed by atoms with van der Waals surface area (Å²) in [5.41, 5.74) is 1.90. The zero-order valence-corrected chi connectivity index (χ0v) is 15.4. The van der Waals surface area contributed by atoms with Crippen LogP contribution >= 0.6 is 34.5 Å². The average molecular weight is 391 g/mol. The number of ether oxygens (including phenoxy) is 1. The van der Waals surface area contributed by atoms with E-state index < -0.39 is 0 Å². The predicted octanol–water partition coefficient (Wildman–Crippen LogP) is 4.76. The molecule has 0 spiro atoms. The van der Waals surface area contributed by atoms with E-state index in [1.54, 1.807) is 23.8 Å². The molecule has 8 heteroatoms. The third-order valence-electron chi connectivity index (χ3n) is 3.72. The van der Waals surface area contributed by atoms with Crippen molar-refractivity contribution in [3.05, 3.63) is 63.1 Å². The Kier molecular flexibility index (Phi) is 4.33. The van der Waals surface area contributed by atoms with Gasteiger partial charge in [-0.1, -0.05) is 46.7 Å². The molecule has 25 heavy (non-hydrogen) atoms. The SMILES string of the molecule is COc1ccc(Cc2nn3c(-c4ccc(Cl)cc4Cl)nnc3s2)cc1. The highest BCUT2D eigenvalue weighted by atomic mass is 35.5. The molecule has 0 aliphatic heterocycles. The minimum atomic E-state index is 0.520. The summed E-state index contributed by atoms with van der Waals surface area (Å²) in [7, 11) is 1.65. The minimum Gasteiger partial charge on any atom is -0.497 e. The zero-order valence-electron chi connectivity index (χ0n) is 13.1. The van der Waals surface area contributed by atoms with Gasteiger partial charge >= 0.3 is 0 Å². The lowest BCUT2D eigenvalue weighted by Gasteiger charge is -2.02. The molecular formula is C17H12Cl2N4OS. The smallest absolute Gasteiger partial charge is 0.234 e. The lowest BCUT2D eigenvalue weighted by molar-refractivity contribution is 0.414. The van der Waals surface area contributed by atoms with Crippen LogP contribution in [0.4, 0.5) is 0 Å². The first kappa shape index (κ1) is 16.3. The predicted molar refractivity (Wildman–Crippen MR) is 99.9 cm³/mol. The zero-order chi connectivity index (χ0) is 17.4. The van der Waals surface area contributed by atoms with Crippen LogP contribution in [0.5, 0.6) is 5.75 Å². The Labute approximate surface area is 157 Å². The van der Waals surface area contributed by atoms with Gasteiger partial charge in [-0.2, -0.15) is 9.61 Å². The van der Waals surface area contributed by atoms with E-state index in [-0.39, 0.29) is 0 Å². The summed E-state index contributed by atoms with van der Waals surface area (Å²) in [4.78, 5) is 0.726. The Morgan fingerprint density at radius 2 is 1.88 bits per heavy atom. The summed E-state index contributed by atoms with van der Waals surface area (Å²) < 4.78 is 6.90. The van der Waals surface area contributed by atoms with E-state index in [0.29, 0.717) is 22.3 Å². The van der Waals surface area contributed by atoms with Crippen LogP contribution in [0, 0.1) is 0 Å². The Hall–Kier alpha value is -2.15. The Morgan fingerprint density at radius 1 is 1.08 bits per heavy atom.